The van der Waals surface area contributed by atoms with E-state index in [9.17, 15) is 5.11 Å². The number of rotatable bonds is 5. The lowest BCUT2D eigenvalue weighted by molar-refractivity contribution is 0.166. The van der Waals surface area contributed by atoms with Gasteiger partial charge >= 0.3 is 0 Å². The number of hydrogen-bond acceptors (Lipinski definition) is 3. The Kier molecular flexibility index (Phi) is 4.56. The van der Waals surface area contributed by atoms with Gasteiger partial charge in [-0.05, 0) is 38.3 Å². The second-order valence-electron chi connectivity index (χ2n) is 4.24. The van der Waals surface area contributed by atoms with Gasteiger partial charge in [0.1, 0.15) is 5.82 Å². The number of anilines is 1. The molecule has 15 heavy (non-hydrogen) atoms. The molecule has 2 N–H and O–H groups in total. The second kappa shape index (κ2) is 5.71. The summed E-state index contributed by atoms with van der Waals surface area (Å²) in [6.45, 7) is 6.77. The number of aromatic nitrogens is 1. The lowest BCUT2D eigenvalue weighted by Crippen LogP contribution is -2.16. The summed E-state index contributed by atoms with van der Waals surface area (Å²) in [5.41, 5.74) is 1.02. The van der Waals surface area contributed by atoms with Crippen LogP contribution >= 0.6 is 0 Å². The average molecular weight is 208 g/mol. The zero-order chi connectivity index (χ0) is 11.3. The van der Waals surface area contributed by atoms with Crippen molar-refractivity contribution in [2.45, 2.75) is 33.3 Å². The van der Waals surface area contributed by atoms with Gasteiger partial charge in [-0.3, -0.25) is 0 Å². The maximum Gasteiger partial charge on any atom is 0.126 e. The second-order valence-corrected chi connectivity index (χ2v) is 4.24. The average Bonchev–Trinajstić information content (AvgIpc) is 2.14. The van der Waals surface area contributed by atoms with Gasteiger partial charge in [0.2, 0.25) is 0 Å². The van der Waals surface area contributed by atoms with E-state index in [2.05, 4.69) is 17.2 Å². The Balaban J connectivity index is 2.36. The van der Waals surface area contributed by atoms with Crippen LogP contribution in [-0.2, 0) is 0 Å². The van der Waals surface area contributed by atoms with Gasteiger partial charge in [-0.1, -0.05) is 13.0 Å². The van der Waals surface area contributed by atoms with Crippen molar-refractivity contribution in [1.82, 2.24) is 4.98 Å². The molecule has 0 fully saturated rings. The highest BCUT2D eigenvalue weighted by Crippen LogP contribution is 2.08. The quantitative estimate of drug-likeness (QED) is 0.779. The van der Waals surface area contributed by atoms with Crippen molar-refractivity contribution >= 4 is 5.82 Å². The first-order chi connectivity index (χ1) is 7.08. The van der Waals surface area contributed by atoms with Crippen molar-refractivity contribution in [3.63, 3.8) is 0 Å². The molecule has 1 rings (SSSR count). The minimum absolute atomic E-state index is 0.229. The third-order valence-electron chi connectivity index (χ3n) is 2.26. The highest BCUT2D eigenvalue weighted by Gasteiger charge is 2.05. The molecular formula is C12H20N2O. The molecule has 1 aromatic heterocycles. The molecule has 84 valence electrons. The summed E-state index contributed by atoms with van der Waals surface area (Å²) in [5.74, 6) is 1.36. The SMILES string of the molecule is Cc1cccc(NC[C@H](C)C[C@@H](C)O)n1. The van der Waals surface area contributed by atoms with Crippen LogP contribution in [0.15, 0.2) is 18.2 Å². The molecule has 0 aliphatic carbocycles. The molecule has 2 atom stereocenters. The van der Waals surface area contributed by atoms with Crippen LogP contribution in [0.2, 0.25) is 0 Å². The summed E-state index contributed by atoms with van der Waals surface area (Å²) >= 11 is 0. The molecule has 3 nitrogen and oxygen atoms in total. The number of pyridine rings is 1. The molecule has 0 saturated carbocycles. The smallest absolute Gasteiger partial charge is 0.126 e. The van der Waals surface area contributed by atoms with E-state index < -0.39 is 0 Å². The first-order valence-electron chi connectivity index (χ1n) is 5.43. The largest absolute Gasteiger partial charge is 0.393 e. The third-order valence-corrected chi connectivity index (χ3v) is 2.26. The molecule has 1 aromatic rings. The fourth-order valence-corrected chi connectivity index (χ4v) is 1.59. The molecule has 0 spiro atoms. The van der Waals surface area contributed by atoms with E-state index in [1.165, 1.54) is 0 Å². The molecule has 0 aliphatic heterocycles. The van der Waals surface area contributed by atoms with E-state index in [4.69, 9.17) is 0 Å². The molecule has 0 bridgehead atoms. The predicted octanol–water partition coefficient (Wildman–Crippen LogP) is 2.21. The van der Waals surface area contributed by atoms with E-state index >= 15 is 0 Å². The van der Waals surface area contributed by atoms with E-state index in [0.717, 1.165) is 24.5 Å². The fourth-order valence-electron chi connectivity index (χ4n) is 1.59. The molecular weight excluding hydrogens is 188 g/mol. The van der Waals surface area contributed by atoms with Gasteiger partial charge in [0.25, 0.3) is 0 Å². The summed E-state index contributed by atoms with van der Waals surface area (Å²) < 4.78 is 0. The lowest BCUT2D eigenvalue weighted by Gasteiger charge is -2.14. The van der Waals surface area contributed by atoms with Crippen LogP contribution in [0.1, 0.15) is 26.0 Å². The fraction of sp³-hybridized carbons (Fsp3) is 0.583. The van der Waals surface area contributed by atoms with Crippen molar-refractivity contribution in [2.75, 3.05) is 11.9 Å². The Bertz CT molecular complexity index is 299. The van der Waals surface area contributed by atoms with Crippen molar-refractivity contribution in [3.05, 3.63) is 23.9 Å². The zero-order valence-electron chi connectivity index (χ0n) is 9.70. The van der Waals surface area contributed by atoms with Crippen LogP contribution in [0.4, 0.5) is 5.82 Å². The minimum atomic E-state index is -0.229. The summed E-state index contributed by atoms with van der Waals surface area (Å²) in [6.07, 6.45) is 0.589. The van der Waals surface area contributed by atoms with Gasteiger partial charge < -0.3 is 10.4 Å². The Hall–Kier alpha value is -1.09. The zero-order valence-corrected chi connectivity index (χ0v) is 9.70. The van der Waals surface area contributed by atoms with Gasteiger partial charge in [0.05, 0.1) is 6.10 Å². The van der Waals surface area contributed by atoms with E-state index in [1.54, 1.807) is 0 Å². The van der Waals surface area contributed by atoms with E-state index in [0.29, 0.717) is 5.92 Å². The normalized spacial score (nSPS) is 14.7. The maximum absolute atomic E-state index is 9.22. The Morgan fingerprint density at radius 1 is 1.40 bits per heavy atom. The number of nitrogens with one attached hydrogen (secondary N) is 1. The Morgan fingerprint density at radius 2 is 2.13 bits per heavy atom. The third kappa shape index (κ3) is 4.79. The van der Waals surface area contributed by atoms with Crippen LogP contribution in [-0.4, -0.2) is 22.7 Å². The summed E-state index contributed by atoms with van der Waals surface area (Å²) in [4.78, 5) is 4.35. The maximum atomic E-state index is 9.22. The molecule has 0 saturated heterocycles. The van der Waals surface area contributed by atoms with Crippen molar-refractivity contribution in [2.24, 2.45) is 5.92 Å². The van der Waals surface area contributed by atoms with Crippen molar-refractivity contribution in [3.8, 4) is 0 Å². The van der Waals surface area contributed by atoms with Gasteiger partial charge in [-0.25, -0.2) is 4.98 Å². The molecule has 0 radical (unpaired) electrons. The molecule has 3 heteroatoms. The van der Waals surface area contributed by atoms with Crippen LogP contribution in [0.3, 0.4) is 0 Å². The predicted molar refractivity (Wildman–Crippen MR) is 62.9 cm³/mol. The highest BCUT2D eigenvalue weighted by atomic mass is 16.3. The first-order valence-corrected chi connectivity index (χ1v) is 5.43. The number of hydrogen-bond donors (Lipinski definition) is 2. The molecule has 1 heterocycles. The number of aryl methyl sites for hydroxylation is 1. The summed E-state index contributed by atoms with van der Waals surface area (Å²) in [5, 5.41) is 12.5. The van der Waals surface area contributed by atoms with Gasteiger partial charge in [-0.2, -0.15) is 0 Å². The van der Waals surface area contributed by atoms with Gasteiger partial charge in [-0.15, -0.1) is 0 Å². The first kappa shape index (κ1) is 12.0. The topological polar surface area (TPSA) is 45.1 Å². The molecule has 0 aromatic carbocycles. The van der Waals surface area contributed by atoms with Gasteiger partial charge in [0, 0.05) is 12.2 Å². The molecule has 0 aliphatic rings. The van der Waals surface area contributed by atoms with Crippen LogP contribution in [0.25, 0.3) is 0 Å². The van der Waals surface area contributed by atoms with Crippen molar-refractivity contribution in [1.29, 1.82) is 0 Å². The number of aliphatic hydroxyl groups excluding tert-OH is 1. The van der Waals surface area contributed by atoms with Crippen molar-refractivity contribution < 1.29 is 5.11 Å². The lowest BCUT2D eigenvalue weighted by atomic mass is 10.1. The summed E-state index contributed by atoms with van der Waals surface area (Å²) in [6, 6.07) is 5.93. The van der Waals surface area contributed by atoms with Gasteiger partial charge in [0.15, 0.2) is 0 Å². The van der Waals surface area contributed by atoms with Crippen LogP contribution in [0, 0.1) is 12.8 Å². The standard InChI is InChI=1S/C12H20N2O/c1-9(7-11(3)15)8-13-12-6-4-5-10(2)14-12/h4-6,9,11,15H,7-8H2,1-3H3,(H,13,14)/t9-,11-/m1/s1. The van der Waals surface area contributed by atoms with Crippen LogP contribution in [0.5, 0.6) is 0 Å². The molecule has 0 unspecified atom stereocenters. The summed E-state index contributed by atoms with van der Waals surface area (Å²) in [7, 11) is 0. The van der Waals surface area contributed by atoms with Crippen LogP contribution < -0.4 is 5.32 Å². The number of aliphatic hydroxyl groups is 1. The highest BCUT2D eigenvalue weighted by molar-refractivity contribution is 5.34. The monoisotopic (exact) mass is 208 g/mol. The minimum Gasteiger partial charge on any atom is -0.393 e. The van der Waals surface area contributed by atoms with E-state index in [1.807, 2.05) is 32.0 Å². The Morgan fingerprint density at radius 3 is 2.73 bits per heavy atom. The van der Waals surface area contributed by atoms with E-state index in [-0.39, 0.29) is 6.10 Å². The number of nitrogens with zero attached hydrogens (tertiary/aromatic N) is 1. The Labute approximate surface area is 91.5 Å². The molecule has 0 amide bonds.